The largest absolute Gasteiger partial charge is 0.378 e. The Bertz CT molecular complexity index is 368. The van der Waals surface area contributed by atoms with Gasteiger partial charge in [-0.05, 0) is 20.3 Å². The SMILES string of the molecule is CC1(C)O[C@@H]2[C@H](O1)[C@@H](C(=O)N1CCOCC1)C[C@H]2N. The molecule has 0 aromatic carbocycles. The van der Waals surface area contributed by atoms with Crippen LogP contribution >= 0.6 is 0 Å². The first-order valence-corrected chi connectivity index (χ1v) is 6.96. The normalized spacial score (nSPS) is 41.3. The lowest BCUT2D eigenvalue weighted by Gasteiger charge is -2.31. The van der Waals surface area contributed by atoms with E-state index in [1.165, 1.54) is 0 Å². The van der Waals surface area contributed by atoms with Crippen molar-refractivity contribution in [1.82, 2.24) is 4.90 Å². The number of fused-ring (bicyclic) bond motifs is 1. The number of amides is 1. The Morgan fingerprint density at radius 1 is 1.21 bits per heavy atom. The van der Waals surface area contributed by atoms with Crippen LogP contribution in [0.25, 0.3) is 0 Å². The molecule has 3 rings (SSSR count). The van der Waals surface area contributed by atoms with E-state index in [4.69, 9.17) is 19.9 Å². The highest BCUT2D eigenvalue weighted by Gasteiger charge is 2.55. The Kier molecular flexibility index (Phi) is 3.29. The fourth-order valence-corrected chi connectivity index (χ4v) is 3.28. The van der Waals surface area contributed by atoms with Crippen LogP contribution < -0.4 is 5.73 Å². The molecule has 0 bridgehead atoms. The summed E-state index contributed by atoms with van der Waals surface area (Å²) in [5.41, 5.74) is 6.10. The third kappa shape index (κ3) is 2.38. The van der Waals surface area contributed by atoms with E-state index in [9.17, 15) is 4.79 Å². The van der Waals surface area contributed by atoms with Crippen LogP contribution in [0, 0.1) is 5.92 Å². The highest BCUT2D eigenvalue weighted by molar-refractivity contribution is 5.80. The standard InChI is InChI=1S/C13H22N2O4/c1-13(2)18-10-8(7-9(14)11(10)19-13)12(16)15-3-5-17-6-4-15/h8-11H,3-7,14H2,1-2H3/t8-,9+,10+,11-/m0/s1. The van der Waals surface area contributed by atoms with Gasteiger partial charge in [0.15, 0.2) is 5.79 Å². The molecular formula is C13H22N2O4. The van der Waals surface area contributed by atoms with E-state index in [1.807, 2.05) is 18.7 Å². The number of hydrogen-bond donors (Lipinski definition) is 1. The zero-order chi connectivity index (χ0) is 13.6. The molecule has 108 valence electrons. The average Bonchev–Trinajstić information content (AvgIpc) is 2.85. The van der Waals surface area contributed by atoms with Gasteiger partial charge in [-0.1, -0.05) is 0 Å². The fourth-order valence-electron chi connectivity index (χ4n) is 3.28. The smallest absolute Gasteiger partial charge is 0.228 e. The summed E-state index contributed by atoms with van der Waals surface area (Å²) in [5, 5.41) is 0. The van der Waals surface area contributed by atoms with Gasteiger partial charge in [-0.15, -0.1) is 0 Å². The minimum atomic E-state index is -0.642. The van der Waals surface area contributed by atoms with Crippen LogP contribution in [0.5, 0.6) is 0 Å². The molecule has 3 aliphatic rings. The first kappa shape index (κ1) is 13.3. The summed E-state index contributed by atoms with van der Waals surface area (Å²) in [7, 11) is 0. The summed E-state index contributed by atoms with van der Waals surface area (Å²) >= 11 is 0. The van der Waals surface area contributed by atoms with E-state index in [-0.39, 0.29) is 30.1 Å². The lowest BCUT2D eigenvalue weighted by Crippen LogP contribution is -2.46. The number of morpholine rings is 1. The third-order valence-electron chi connectivity index (χ3n) is 4.15. The van der Waals surface area contributed by atoms with Crippen molar-refractivity contribution in [1.29, 1.82) is 0 Å². The average molecular weight is 270 g/mol. The fraction of sp³-hybridized carbons (Fsp3) is 0.923. The second kappa shape index (κ2) is 4.70. The molecule has 3 fully saturated rings. The number of ether oxygens (including phenoxy) is 3. The molecule has 0 unspecified atom stereocenters. The summed E-state index contributed by atoms with van der Waals surface area (Å²) in [6.45, 7) is 6.28. The number of carbonyl (C=O) groups excluding carboxylic acids is 1. The van der Waals surface area contributed by atoms with E-state index in [1.54, 1.807) is 0 Å². The van der Waals surface area contributed by atoms with Gasteiger partial charge in [0.25, 0.3) is 0 Å². The number of carbonyl (C=O) groups is 1. The van der Waals surface area contributed by atoms with Crippen molar-refractivity contribution in [2.24, 2.45) is 11.7 Å². The first-order valence-electron chi connectivity index (χ1n) is 6.96. The topological polar surface area (TPSA) is 74.0 Å². The van der Waals surface area contributed by atoms with E-state index in [0.717, 1.165) is 0 Å². The third-order valence-corrected chi connectivity index (χ3v) is 4.15. The van der Waals surface area contributed by atoms with Gasteiger partial charge in [-0.2, -0.15) is 0 Å². The predicted molar refractivity (Wildman–Crippen MR) is 67.3 cm³/mol. The Hall–Kier alpha value is -0.690. The minimum Gasteiger partial charge on any atom is -0.378 e. The molecule has 0 aromatic rings. The number of hydrogen-bond acceptors (Lipinski definition) is 5. The number of nitrogens with two attached hydrogens (primary N) is 1. The van der Waals surface area contributed by atoms with Crippen LogP contribution in [0.3, 0.4) is 0 Å². The van der Waals surface area contributed by atoms with Gasteiger partial charge in [0, 0.05) is 19.1 Å². The molecule has 0 spiro atoms. The molecule has 0 aromatic heterocycles. The molecule has 1 amide bonds. The summed E-state index contributed by atoms with van der Waals surface area (Å²) in [6, 6.07) is -0.123. The summed E-state index contributed by atoms with van der Waals surface area (Å²) in [6.07, 6.45) is 0.270. The lowest BCUT2D eigenvalue weighted by molar-refractivity contribution is -0.165. The number of nitrogens with zero attached hydrogens (tertiary/aromatic N) is 1. The van der Waals surface area contributed by atoms with E-state index in [0.29, 0.717) is 32.7 Å². The Morgan fingerprint density at radius 3 is 2.53 bits per heavy atom. The monoisotopic (exact) mass is 270 g/mol. The van der Waals surface area contributed by atoms with Crippen LogP contribution in [0.4, 0.5) is 0 Å². The number of rotatable bonds is 1. The van der Waals surface area contributed by atoms with E-state index < -0.39 is 5.79 Å². The van der Waals surface area contributed by atoms with Gasteiger partial charge in [0.05, 0.1) is 19.1 Å². The molecule has 0 radical (unpaired) electrons. The minimum absolute atomic E-state index is 0.123. The molecule has 2 saturated heterocycles. The van der Waals surface area contributed by atoms with Gasteiger partial charge in [-0.25, -0.2) is 0 Å². The molecule has 4 atom stereocenters. The van der Waals surface area contributed by atoms with Crippen molar-refractivity contribution in [3.05, 3.63) is 0 Å². The van der Waals surface area contributed by atoms with Crippen molar-refractivity contribution in [2.75, 3.05) is 26.3 Å². The zero-order valence-electron chi connectivity index (χ0n) is 11.5. The van der Waals surface area contributed by atoms with Gasteiger partial charge in [0.2, 0.25) is 5.91 Å². The van der Waals surface area contributed by atoms with Crippen molar-refractivity contribution in [3.63, 3.8) is 0 Å². The van der Waals surface area contributed by atoms with Gasteiger partial charge in [-0.3, -0.25) is 4.79 Å². The highest BCUT2D eigenvalue weighted by atomic mass is 16.8. The van der Waals surface area contributed by atoms with Gasteiger partial charge < -0.3 is 24.8 Å². The maximum absolute atomic E-state index is 12.6. The van der Waals surface area contributed by atoms with Crippen LogP contribution in [0.15, 0.2) is 0 Å². The Morgan fingerprint density at radius 2 is 1.84 bits per heavy atom. The quantitative estimate of drug-likeness (QED) is 0.709. The zero-order valence-corrected chi connectivity index (χ0v) is 11.5. The predicted octanol–water partition coefficient (Wildman–Crippen LogP) is -0.287. The first-order chi connectivity index (χ1) is 8.98. The Labute approximate surface area is 113 Å². The van der Waals surface area contributed by atoms with Crippen LogP contribution in [0.1, 0.15) is 20.3 Å². The summed E-state index contributed by atoms with van der Waals surface area (Å²) in [5.74, 6) is -0.691. The molecule has 6 heteroatoms. The second-order valence-corrected chi connectivity index (χ2v) is 6.01. The Balaban J connectivity index is 1.72. The van der Waals surface area contributed by atoms with Gasteiger partial charge in [0.1, 0.15) is 12.2 Å². The highest BCUT2D eigenvalue weighted by Crippen LogP contribution is 2.41. The molecule has 2 N–H and O–H groups in total. The van der Waals surface area contributed by atoms with Crippen LogP contribution in [-0.2, 0) is 19.0 Å². The summed E-state index contributed by atoms with van der Waals surface area (Å²) < 4.78 is 17.0. The van der Waals surface area contributed by atoms with Crippen molar-refractivity contribution in [2.45, 2.75) is 44.3 Å². The molecule has 19 heavy (non-hydrogen) atoms. The molecule has 2 heterocycles. The van der Waals surface area contributed by atoms with E-state index >= 15 is 0 Å². The molecule has 1 aliphatic carbocycles. The molecule has 1 saturated carbocycles. The molecular weight excluding hydrogens is 248 g/mol. The van der Waals surface area contributed by atoms with Gasteiger partial charge >= 0.3 is 0 Å². The van der Waals surface area contributed by atoms with Crippen molar-refractivity contribution in [3.8, 4) is 0 Å². The molecule has 2 aliphatic heterocycles. The van der Waals surface area contributed by atoms with Crippen LogP contribution in [-0.4, -0.2) is 61.1 Å². The maximum Gasteiger partial charge on any atom is 0.228 e. The van der Waals surface area contributed by atoms with Crippen molar-refractivity contribution < 1.29 is 19.0 Å². The lowest BCUT2D eigenvalue weighted by atomic mass is 10.0. The summed E-state index contributed by atoms with van der Waals surface area (Å²) in [4.78, 5) is 14.4. The van der Waals surface area contributed by atoms with Crippen LogP contribution in [0.2, 0.25) is 0 Å². The second-order valence-electron chi connectivity index (χ2n) is 6.01. The molecule has 6 nitrogen and oxygen atoms in total. The van der Waals surface area contributed by atoms with E-state index in [2.05, 4.69) is 0 Å². The van der Waals surface area contributed by atoms with Crippen molar-refractivity contribution >= 4 is 5.91 Å². The maximum atomic E-state index is 12.6.